The van der Waals surface area contributed by atoms with Crippen LogP contribution in [-0.4, -0.2) is 16.9 Å². The van der Waals surface area contributed by atoms with Gasteiger partial charge in [0.2, 0.25) is 0 Å². The van der Waals surface area contributed by atoms with Gasteiger partial charge in [0, 0.05) is 5.80 Å². The molecule has 0 unspecified atom stereocenters. The molecular weight excluding hydrogens is 303 g/mol. The maximum Gasteiger partial charge on any atom is 0.329 e. The van der Waals surface area contributed by atoms with E-state index in [0.29, 0.717) is 0 Å². The van der Waals surface area contributed by atoms with Gasteiger partial charge in [-0.1, -0.05) is 91.0 Å². The molecule has 3 aromatic carbocycles. The van der Waals surface area contributed by atoms with Crippen LogP contribution in [0.2, 0.25) is 0 Å². The summed E-state index contributed by atoms with van der Waals surface area (Å²) < 4.78 is 0. The van der Waals surface area contributed by atoms with Crippen molar-refractivity contribution in [1.29, 1.82) is 0 Å². The number of hydrogen-bond acceptors (Lipinski definition) is 1. The second-order valence-corrected chi connectivity index (χ2v) is 8.45. The quantitative estimate of drug-likeness (QED) is 0.751. The molecule has 0 saturated carbocycles. The summed E-state index contributed by atoms with van der Waals surface area (Å²) in [6.45, 7) is -2.33. The summed E-state index contributed by atoms with van der Waals surface area (Å²) >= 11 is 0. The summed E-state index contributed by atoms with van der Waals surface area (Å²) in [6.07, 6.45) is 0. The first-order chi connectivity index (χ1) is 11.2. The smallest absolute Gasteiger partial charge is 0.329 e. The molecule has 0 aliphatic rings. The first kappa shape index (κ1) is 15.3. The Labute approximate surface area is 136 Å². The van der Waals surface area contributed by atoms with Crippen LogP contribution in [0.3, 0.4) is 0 Å². The zero-order valence-corrected chi connectivity index (χ0v) is 13.4. The Balaban J connectivity index is 2.43. The van der Waals surface area contributed by atoms with Crippen LogP contribution in [0.5, 0.6) is 0 Å². The monoisotopic (exact) mass is 320 g/mol. The summed E-state index contributed by atoms with van der Waals surface area (Å²) in [5.74, 6) is 0.599. The van der Waals surface area contributed by atoms with E-state index >= 15 is 0 Å². The van der Waals surface area contributed by atoms with Gasteiger partial charge in [-0.3, -0.25) is 0 Å². The van der Waals surface area contributed by atoms with Gasteiger partial charge in [-0.25, -0.2) is 4.79 Å². The SMILES string of the molecule is O=C(O)C=P(c1ccccc1)(c1ccccc1)c1ccccc1. The van der Waals surface area contributed by atoms with Crippen molar-refractivity contribution in [1.82, 2.24) is 0 Å². The van der Waals surface area contributed by atoms with Crippen molar-refractivity contribution in [2.24, 2.45) is 0 Å². The lowest BCUT2D eigenvalue weighted by Crippen LogP contribution is -2.28. The predicted molar refractivity (Wildman–Crippen MR) is 98.8 cm³/mol. The Kier molecular flexibility index (Phi) is 4.45. The topological polar surface area (TPSA) is 37.3 Å². The lowest BCUT2D eigenvalue weighted by atomic mass is 10.4. The molecule has 0 saturated heterocycles. The van der Waals surface area contributed by atoms with Gasteiger partial charge in [-0.05, 0) is 22.8 Å². The molecule has 0 aliphatic heterocycles. The Bertz CT molecular complexity index is 737. The molecule has 0 spiro atoms. The van der Waals surface area contributed by atoms with E-state index in [2.05, 4.69) is 0 Å². The number of carboxylic acids is 1. The van der Waals surface area contributed by atoms with Crippen LogP contribution in [0.15, 0.2) is 91.0 Å². The van der Waals surface area contributed by atoms with Gasteiger partial charge in [0.25, 0.3) is 0 Å². The lowest BCUT2D eigenvalue weighted by Gasteiger charge is -2.27. The van der Waals surface area contributed by atoms with Crippen LogP contribution in [0.4, 0.5) is 0 Å². The number of aliphatic carboxylic acids is 1. The summed E-state index contributed by atoms with van der Waals surface area (Å²) in [6, 6.07) is 29.8. The lowest BCUT2D eigenvalue weighted by molar-refractivity contribution is -0.128. The summed E-state index contributed by atoms with van der Waals surface area (Å²) in [4.78, 5) is 11.7. The maximum atomic E-state index is 11.7. The van der Waals surface area contributed by atoms with E-state index in [1.807, 2.05) is 91.0 Å². The number of rotatable bonds is 4. The highest BCUT2D eigenvalue weighted by Gasteiger charge is 2.25. The van der Waals surface area contributed by atoms with Crippen molar-refractivity contribution in [3.63, 3.8) is 0 Å². The minimum Gasteiger partial charge on any atom is -0.478 e. The molecule has 1 N–H and O–H groups in total. The van der Waals surface area contributed by atoms with Crippen LogP contribution in [0.25, 0.3) is 0 Å². The molecule has 0 radical (unpaired) electrons. The van der Waals surface area contributed by atoms with Crippen molar-refractivity contribution in [3.8, 4) is 0 Å². The van der Waals surface area contributed by atoms with Gasteiger partial charge in [-0.2, -0.15) is 0 Å². The standard InChI is InChI=1S/C20H17O2P/c21-20(22)16-23(17-10-4-1-5-11-17,18-12-6-2-7-13-18)19-14-8-3-9-15-19/h1-16H,(H,21,22). The van der Waals surface area contributed by atoms with Crippen molar-refractivity contribution in [3.05, 3.63) is 91.0 Å². The van der Waals surface area contributed by atoms with Crippen LogP contribution >= 0.6 is 6.89 Å². The third-order valence-electron chi connectivity index (χ3n) is 3.79. The zero-order chi connectivity index (χ0) is 16.1. The van der Waals surface area contributed by atoms with Crippen molar-refractivity contribution in [2.75, 3.05) is 0 Å². The molecule has 0 amide bonds. The van der Waals surface area contributed by atoms with Crippen molar-refractivity contribution >= 4 is 34.6 Å². The first-order valence-electron chi connectivity index (χ1n) is 7.38. The van der Waals surface area contributed by atoms with E-state index in [1.54, 1.807) is 0 Å². The molecule has 3 heteroatoms. The second-order valence-electron chi connectivity index (χ2n) is 5.20. The minimum absolute atomic E-state index is 0.894. The fourth-order valence-corrected chi connectivity index (χ4v) is 6.43. The van der Waals surface area contributed by atoms with Crippen LogP contribution in [-0.2, 0) is 4.79 Å². The summed E-state index contributed by atoms with van der Waals surface area (Å²) in [5, 5.41) is 12.7. The Morgan fingerprint density at radius 3 is 1.22 bits per heavy atom. The van der Waals surface area contributed by atoms with Crippen LogP contribution in [0.1, 0.15) is 0 Å². The number of benzene rings is 3. The fourth-order valence-electron chi connectivity index (χ4n) is 2.83. The van der Waals surface area contributed by atoms with Gasteiger partial charge in [0.05, 0.1) is 0 Å². The zero-order valence-electron chi connectivity index (χ0n) is 12.5. The van der Waals surface area contributed by atoms with Gasteiger partial charge < -0.3 is 5.11 Å². The summed E-state index contributed by atoms with van der Waals surface area (Å²) in [5.41, 5.74) is 0. The van der Waals surface area contributed by atoms with Gasteiger partial charge in [0.1, 0.15) is 0 Å². The molecule has 3 aromatic rings. The van der Waals surface area contributed by atoms with E-state index in [4.69, 9.17) is 0 Å². The third-order valence-corrected chi connectivity index (χ3v) is 7.74. The molecule has 114 valence electrons. The maximum absolute atomic E-state index is 11.7. The van der Waals surface area contributed by atoms with Crippen LogP contribution < -0.4 is 15.9 Å². The number of carboxylic acid groups (broad SMARTS) is 1. The van der Waals surface area contributed by atoms with E-state index in [-0.39, 0.29) is 0 Å². The third kappa shape index (κ3) is 2.99. The highest BCUT2D eigenvalue weighted by atomic mass is 31.2. The molecule has 0 heterocycles. The molecule has 0 fully saturated rings. The first-order valence-corrected chi connectivity index (χ1v) is 9.24. The Morgan fingerprint density at radius 2 is 0.957 bits per heavy atom. The van der Waals surface area contributed by atoms with Crippen molar-refractivity contribution in [2.45, 2.75) is 0 Å². The van der Waals surface area contributed by atoms with Gasteiger partial charge >= 0.3 is 5.97 Å². The molecule has 3 rings (SSSR count). The number of carbonyl (C=O) groups is 1. The Hall–Kier alpha value is -2.57. The average Bonchev–Trinajstić information content (AvgIpc) is 2.62. The molecule has 0 aliphatic carbocycles. The highest BCUT2D eigenvalue weighted by Crippen LogP contribution is 2.43. The highest BCUT2D eigenvalue weighted by molar-refractivity contribution is 7.95. The minimum atomic E-state index is -2.33. The normalized spacial score (nSPS) is 11.0. The summed E-state index contributed by atoms with van der Waals surface area (Å²) in [7, 11) is 0. The second kappa shape index (κ2) is 6.68. The molecule has 0 atom stereocenters. The molecule has 23 heavy (non-hydrogen) atoms. The predicted octanol–water partition coefficient (Wildman–Crippen LogP) is 2.87. The van der Waals surface area contributed by atoms with E-state index in [1.165, 1.54) is 5.80 Å². The van der Waals surface area contributed by atoms with Crippen LogP contribution in [0, 0.1) is 0 Å². The molecule has 2 nitrogen and oxygen atoms in total. The largest absolute Gasteiger partial charge is 0.478 e. The van der Waals surface area contributed by atoms with Gasteiger partial charge in [0.15, 0.2) is 0 Å². The molecular formula is C20H17O2P. The fraction of sp³-hybridized carbons (Fsp3) is 0. The molecule has 0 bridgehead atoms. The van der Waals surface area contributed by atoms with Crippen molar-refractivity contribution < 1.29 is 9.90 Å². The average molecular weight is 320 g/mol. The Morgan fingerprint density at radius 1 is 0.652 bits per heavy atom. The van der Waals surface area contributed by atoms with Gasteiger partial charge in [-0.15, -0.1) is 0 Å². The molecule has 0 aromatic heterocycles. The number of hydrogen-bond donors (Lipinski definition) is 1. The van der Waals surface area contributed by atoms with E-state index < -0.39 is 12.9 Å². The van der Waals surface area contributed by atoms with E-state index in [9.17, 15) is 9.90 Å². The van der Waals surface area contributed by atoms with E-state index in [0.717, 1.165) is 15.9 Å².